The van der Waals surface area contributed by atoms with Crippen LogP contribution in [0.1, 0.15) is 48.0 Å². The summed E-state index contributed by atoms with van der Waals surface area (Å²) >= 11 is 0. The second kappa shape index (κ2) is 4.68. The summed E-state index contributed by atoms with van der Waals surface area (Å²) in [6.45, 7) is 1.78. The van der Waals surface area contributed by atoms with Crippen molar-refractivity contribution in [3.8, 4) is 0 Å². The standard InChI is InChI=1S/C12H19N5O/c1-17(7-9-3-2-6-13-9)12(18)11-14-10(15-16-11)8-4-5-8/h8-9,13H,2-7H2,1H3,(H,14,15,16). The Hall–Kier alpha value is -1.43. The Balaban J connectivity index is 1.60. The maximum Gasteiger partial charge on any atom is 0.293 e. The quantitative estimate of drug-likeness (QED) is 0.815. The first kappa shape index (κ1) is 11.6. The largest absolute Gasteiger partial charge is 0.337 e. The smallest absolute Gasteiger partial charge is 0.293 e. The van der Waals surface area contributed by atoms with Crippen molar-refractivity contribution in [1.82, 2.24) is 25.4 Å². The molecule has 1 aliphatic heterocycles. The van der Waals surface area contributed by atoms with E-state index in [1.807, 2.05) is 7.05 Å². The fraction of sp³-hybridized carbons (Fsp3) is 0.750. The van der Waals surface area contributed by atoms with Crippen molar-refractivity contribution in [3.05, 3.63) is 11.6 Å². The van der Waals surface area contributed by atoms with Gasteiger partial charge >= 0.3 is 0 Å². The Labute approximate surface area is 106 Å². The summed E-state index contributed by atoms with van der Waals surface area (Å²) in [6, 6.07) is 0.417. The average Bonchev–Trinajstić information content (AvgIpc) is 2.91. The second-order valence-electron chi connectivity index (χ2n) is 5.30. The van der Waals surface area contributed by atoms with E-state index in [2.05, 4.69) is 20.5 Å². The highest BCUT2D eigenvalue weighted by atomic mass is 16.2. The summed E-state index contributed by atoms with van der Waals surface area (Å²) in [5.74, 6) is 1.58. The van der Waals surface area contributed by atoms with E-state index in [0.29, 0.717) is 17.8 Å². The summed E-state index contributed by atoms with van der Waals surface area (Å²) < 4.78 is 0. The normalized spacial score (nSPS) is 23.3. The summed E-state index contributed by atoms with van der Waals surface area (Å²) in [5.41, 5.74) is 0. The maximum absolute atomic E-state index is 12.1. The summed E-state index contributed by atoms with van der Waals surface area (Å²) in [7, 11) is 1.81. The van der Waals surface area contributed by atoms with Gasteiger partial charge in [0.1, 0.15) is 5.82 Å². The molecule has 2 heterocycles. The SMILES string of the molecule is CN(CC1CCCN1)C(=O)c1n[nH]c(C2CC2)n1. The third kappa shape index (κ3) is 2.38. The number of hydrogen-bond donors (Lipinski definition) is 2. The molecular weight excluding hydrogens is 230 g/mol. The third-order valence-electron chi connectivity index (χ3n) is 3.66. The van der Waals surface area contributed by atoms with Crippen LogP contribution in [-0.4, -0.2) is 52.2 Å². The average molecular weight is 249 g/mol. The number of amides is 1. The molecule has 1 unspecified atom stereocenters. The third-order valence-corrected chi connectivity index (χ3v) is 3.66. The molecule has 0 aromatic carbocycles. The Bertz CT molecular complexity index is 433. The van der Waals surface area contributed by atoms with Gasteiger partial charge in [0.05, 0.1) is 0 Å². The van der Waals surface area contributed by atoms with E-state index >= 15 is 0 Å². The van der Waals surface area contributed by atoms with Crippen LogP contribution in [-0.2, 0) is 0 Å². The van der Waals surface area contributed by atoms with Crippen LogP contribution in [0.5, 0.6) is 0 Å². The molecule has 0 bridgehead atoms. The molecule has 6 heteroatoms. The first-order valence-electron chi connectivity index (χ1n) is 6.65. The number of rotatable bonds is 4. The lowest BCUT2D eigenvalue weighted by Crippen LogP contribution is -2.39. The minimum atomic E-state index is -0.0909. The number of aromatic amines is 1. The molecule has 2 N–H and O–H groups in total. The molecule has 3 rings (SSSR count). The predicted octanol–water partition coefficient (Wildman–Crippen LogP) is 0.506. The van der Waals surface area contributed by atoms with Crippen molar-refractivity contribution in [1.29, 1.82) is 0 Å². The Kier molecular flexibility index (Phi) is 3.03. The minimum Gasteiger partial charge on any atom is -0.337 e. The van der Waals surface area contributed by atoms with Gasteiger partial charge in [-0.2, -0.15) is 0 Å². The van der Waals surface area contributed by atoms with Crippen molar-refractivity contribution < 1.29 is 4.79 Å². The highest BCUT2D eigenvalue weighted by Crippen LogP contribution is 2.37. The molecule has 0 radical (unpaired) electrons. The van der Waals surface area contributed by atoms with Gasteiger partial charge < -0.3 is 10.2 Å². The zero-order chi connectivity index (χ0) is 12.5. The topological polar surface area (TPSA) is 73.9 Å². The molecule has 1 saturated heterocycles. The van der Waals surface area contributed by atoms with E-state index < -0.39 is 0 Å². The molecule has 1 atom stereocenters. The van der Waals surface area contributed by atoms with Crippen molar-refractivity contribution in [2.75, 3.05) is 20.1 Å². The van der Waals surface area contributed by atoms with Crippen LogP contribution < -0.4 is 5.32 Å². The van der Waals surface area contributed by atoms with Gasteiger partial charge in [-0.3, -0.25) is 9.89 Å². The van der Waals surface area contributed by atoms with Crippen molar-refractivity contribution in [3.63, 3.8) is 0 Å². The van der Waals surface area contributed by atoms with Crippen LogP contribution in [0.2, 0.25) is 0 Å². The van der Waals surface area contributed by atoms with Crippen LogP contribution in [0.4, 0.5) is 0 Å². The summed E-state index contributed by atoms with van der Waals surface area (Å²) in [5, 5.41) is 10.3. The van der Waals surface area contributed by atoms with Crippen LogP contribution in [0.25, 0.3) is 0 Å². The zero-order valence-corrected chi connectivity index (χ0v) is 10.6. The zero-order valence-electron chi connectivity index (χ0n) is 10.6. The first-order chi connectivity index (χ1) is 8.74. The van der Waals surface area contributed by atoms with E-state index in [9.17, 15) is 4.79 Å². The van der Waals surface area contributed by atoms with Gasteiger partial charge in [-0.15, -0.1) is 5.10 Å². The number of H-pyrrole nitrogens is 1. The van der Waals surface area contributed by atoms with E-state index in [0.717, 1.165) is 38.2 Å². The molecule has 98 valence electrons. The molecule has 1 aromatic rings. The summed E-state index contributed by atoms with van der Waals surface area (Å²) in [6.07, 6.45) is 4.65. The molecule has 18 heavy (non-hydrogen) atoms. The molecule has 1 aromatic heterocycles. The Morgan fingerprint density at radius 2 is 2.28 bits per heavy atom. The highest BCUT2D eigenvalue weighted by Gasteiger charge is 2.29. The summed E-state index contributed by atoms with van der Waals surface area (Å²) in [4.78, 5) is 18.1. The second-order valence-corrected chi connectivity index (χ2v) is 5.30. The van der Waals surface area contributed by atoms with Crippen LogP contribution in [0.15, 0.2) is 0 Å². The predicted molar refractivity (Wildman–Crippen MR) is 66.3 cm³/mol. The number of carbonyl (C=O) groups excluding carboxylic acids is 1. The van der Waals surface area contributed by atoms with Gasteiger partial charge in [-0.25, -0.2) is 4.98 Å². The fourth-order valence-corrected chi connectivity index (χ4v) is 2.41. The van der Waals surface area contributed by atoms with Crippen molar-refractivity contribution >= 4 is 5.91 Å². The van der Waals surface area contributed by atoms with Gasteiger partial charge in [0.15, 0.2) is 0 Å². The lowest BCUT2D eigenvalue weighted by molar-refractivity contribution is 0.0772. The lowest BCUT2D eigenvalue weighted by atomic mass is 10.2. The first-order valence-corrected chi connectivity index (χ1v) is 6.65. The monoisotopic (exact) mass is 249 g/mol. The Morgan fingerprint density at radius 1 is 1.44 bits per heavy atom. The Morgan fingerprint density at radius 3 is 2.94 bits per heavy atom. The number of aromatic nitrogens is 3. The van der Waals surface area contributed by atoms with Gasteiger partial charge in [-0.05, 0) is 32.2 Å². The van der Waals surface area contributed by atoms with E-state index in [-0.39, 0.29) is 5.91 Å². The maximum atomic E-state index is 12.1. The van der Waals surface area contributed by atoms with Gasteiger partial charge in [0.2, 0.25) is 5.82 Å². The molecule has 0 spiro atoms. The number of carbonyl (C=O) groups is 1. The molecule has 1 amide bonds. The molecule has 2 aliphatic rings. The lowest BCUT2D eigenvalue weighted by Gasteiger charge is -2.19. The molecule has 1 saturated carbocycles. The van der Waals surface area contributed by atoms with E-state index in [1.54, 1.807) is 4.90 Å². The van der Waals surface area contributed by atoms with E-state index in [4.69, 9.17) is 0 Å². The van der Waals surface area contributed by atoms with Crippen LogP contribution in [0, 0.1) is 0 Å². The number of hydrogen-bond acceptors (Lipinski definition) is 4. The van der Waals surface area contributed by atoms with Gasteiger partial charge in [0, 0.05) is 25.6 Å². The van der Waals surface area contributed by atoms with Gasteiger partial charge in [-0.1, -0.05) is 0 Å². The minimum absolute atomic E-state index is 0.0909. The van der Waals surface area contributed by atoms with Crippen molar-refractivity contribution in [2.45, 2.75) is 37.6 Å². The van der Waals surface area contributed by atoms with Crippen LogP contribution >= 0.6 is 0 Å². The molecule has 6 nitrogen and oxygen atoms in total. The molecule has 2 fully saturated rings. The van der Waals surface area contributed by atoms with Crippen LogP contribution in [0.3, 0.4) is 0 Å². The molecular formula is C12H19N5O. The number of nitrogens with one attached hydrogen (secondary N) is 2. The van der Waals surface area contributed by atoms with Crippen molar-refractivity contribution in [2.24, 2.45) is 0 Å². The van der Waals surface area contributed by atoms with E-state index in [1.165, 1.54) is 6.42 Å². The molecule has 1 aliphatic carbocycles. The number of nitrogens with zero attached hydrogens (tertiary/aromatic N) is 3. The highest BCUT2D eigenvalue weighted by molar-refractivity contribution is 5.90. The number of likely N-dealkylation sites (N-methyl/N-ethyl adjacent to an activating group) is 1. The fourth-order valence-electron chi connectivity index (χ4n) is 2.41. The van der Waals surface area contributed by atoms with Gasteiger partial charge in [0.25, 0.3) is 5.91 Å².